The third-order valence-electron chi connectivity index (χ3n) is 2.39. The Morgan fingerprint density at radius 2 is 2.06 bits per heavy atom. The third kappa shape index (κ3) is 5.52. The summed E-state index contributed by atoms with van der Waals surface area (Å²) in [6.07, 6.45) is 0. The molecule has 1 aromatic carbocycles. The van der Waals surface area contributed by atoms with E-state index in [1.807, 2.05) is 32.0 Å². The molecule has 0 unspecified atom stereocenters. The zero-order valence-corrected chi connectivity index (χ0v) is 11.9. The second kappa shape index (κ2) is 6.21. The summed E-state index contributed by atoms with van der Waals surface area (Å²) >= 11 is 0. The number of aryl methyl sites for hydroxylation is 2. The van der Waals surface area contributed by atoms with Crippen molar-refractivity contribution in [2.24, 2.45) is 10.7 Å². The second-order valence-corrected chi connectivity index (χ2v) is 7.27. The van der Waals surface area contributed by atoms with Crippen molar-refractivity contribution in [3.05, 3.63) is 34.9 Å². The topological polar surface area (TPSA) is 92.8 Å². The lowest BCUT2D eigenvalue weighted by Gasteiger charge is -2.03. The molecule has 0 aromatic heterocycles. The van der Waals surface area contributed by atoms with Gasteiger partial charge in [0.2, 0.25) is 0 Å². The van der Waals surface area contributed by atoms with Crippen molar-refractivity contribution < 1.29 is 13.0 Å². The fraction of sp³-hybridized carbons (Fsp3) is 0.364. The minimum Gasteiger partial charge on any atom is -0.387 e. The molecule has 0 spiro atoms. The Balaban J connectivity index is 2.60. The summed E-state index contributed by atoms with van der Waals surface area (Å²) < 4.78 is 29.5. The number of hydrogen-bond donors (Lipinski definition) is 2. The Hall–Kier alpha value is -1.05. The van der Waals surface area contributed by atoms with Crippen LogP contribution in [0.5, 0.6) is 0 Å². The number of nitrogens with two attached hydrogens (primary N) is 1. The average Bonchev–Trinajstić information content (AvgIpc) is 2.27. The Labute approximate surface area is 111 Å². The molecule has 1 aromatic rings. The molecule has 0 aliphatic rings. The molecule has 0 heterocycles. The number of nitrogens with zero attached hydrogens (tertiary/aromatic N) is 1. The van der Waals surface area contributed by atoms with E-state index in [0.717, 1.165) is 5.56 Å². The van der Waals surface area contributed by atoms with E-state index in [2.05, 4.69) is 4.99 Å². The van der Waals surface area contributed by atoms with Gasteiger partial charge in [0.1, 0.15) is 5.84 Å². The van der Waals surface area contributed by atoms with Crippen LogP contribution in [0.4, 0.5) is 0 Å². The molecule has 0 bridgehead atoms. The van der Waals surface area contributed by atoms with Gasteiger partial charge in [-0.3, -0.25) is 9.55 Å². The Morgan fingerprint density at radius 1 is 1.39 bits per heavy atom. The Morgan fingerprint density at radius 3 is 2.61 bits per heavy atom. The third-order valence-corrected chi connectivity index (χ3v) is 4.35. The highest BCUT2D eigenvalue weighted by Gasteiger charge is 2.06. The quantitative estimate of drug-likeness (QED) is 0.372. The summed E-state index contributed by atoms with van der Waals surface area (Å²) in [4.78, 5) is 4.07. The molecule has 18 heavy (non-hydrogen) atoms. The lowest BCUT2D eigenvalue weighted by Crippen LogP contribution is -2.16. The summed E-state index contributed by atoms with van der Waals surface area (Å²) in [5, 5.41) is 0. The summed E-state index contributed by atoms with van der Waals surface area (Å²) in [5.74, 6) is 0.153. The molecule has 0 radical (unpaired) electrons. The number of hydrogen-bond acceptors (Lipinski definition) is 4. The van der Waals surface area contributed by atoms with Gasteiger partial charge >= 0.3 is 9.15 Å². The van der Waals surface area contributed by atoms with E-state index in [1.54, 1.807) is 0 Å². The van der Waals surface area contributed by atoms with Crippen LogP contribution in [0.15, 0.2) is 23.2 Å². The van der Waals surface area contributed by atoms with Gasteiger partial charge < -0.3 is 5.73 Å². The molecule has 0 atom stereocenters. The number of amidine groups is 1. The van der Waals surface area contributed by atoms with Crippen LogP contribution in [0.2, 0.25) is 0 Å². The zero-order chi connectivity index (χ0) is 13.8. The molecule has 0 amide bonds. The molecular formula is C11H16N2O3S2. The maximum absolute atomic E-state index is 10.5. The highest BCUT2D eigenvalue weighted by molar-refractivity contribution is 8.70. The van der Waals surface area contributed by atoms with Crippen LogP contribution in [-0.2, 0) is 15.7 Å². The Bertz CT molecular complexity index is 553. The van der Waals surface area contributed by atoms with Crippen LogP contribution in [0.3, 0.4) is 0 Å². The number of aliphatic imine (C=N–C) groups is 1. The van der Waals surface area contributed by atoms with E-state index >= 15 is 0 Å². The number of rotatable bonds is 5. The molecule has 0 aliphatic carbocycles. The van der Waals surface area contributed by atoms with Crippen LogP contribution < -0.4 is 5.73 Å². The fourth-order valence-electron chi connectivity index (χ4n) is 1.28. The largest absolute Gasteiger partial charge is 0.387 e. The summed E-state index contributed by atoms with van der Waals surface area (Å²) in [7, 11) is -3.70. The van der Waals surface area contributed by atoms with Gasteiger partial charge in [-0.25, -0.2) is 0 Å². The minimum absolute atomic E-state index is 0.0380. The van der Waals surface area contributed by atoms with Crippen molar-refractivity contribution in [1.29, 1.82) is 0 Å². The van der Waals surface area contributed by atoms with E-state index in [-0.39, 0.29) is 11.6 Å². The van der Waals surface area contributed by atoms with Gasteiger partial charge in [-0.2, -0.15) is 8.42 Å². The van der Waals surface area contributed by atoms with Gasteiger partial charge in [0, 0.05) is 10.8 Å². The van der Waals surface area contributed by atoms with Gasteiger partial charge in [-0.15, -0.1) is 0 Å². The van der Waals surface area contributed by atoms with Crippen molar-refractivity contribution in [3.8, 4) is 0 Å². The second-order valence-electron chi connectivity index (χ2n) is 3.92. The maximum atomic E-state index is 10.5. The molecule has 5 nitrogen and oxygen atoms in total. The predicted molar refractivity (Wildman–Crippen MR) is 75.2 cm³/mol. The lowest BCUT2D eigenvalue weighted by atomic mass is 10.1. The van der Waals surface area contributed by atoms with E-state index in [4.69, 9.17) is 10.3 Å². The molecule has 3 N–H and O–H groups in total. The van der Waals surface area contributed by atoms with Crippen molar-refractivity contribution in [2.45, 2.75) is 20.4 Å². The monoisotopic (exact) mass is 288 g/mol. The van der Waals surface area contributed by atoms with E-state index in [9.17, 15) is 8.42 Å². The first-order chi connectivity index (χ1) is 8.28. The molecular weight excluding hydrogens is 272 g/mol. The molecule has 0 fully saturated rings. The Kier molecular flexibility index (Phi) is 5.18. The van der Waals surface area contributed by atoms with Gasteiger partial charge in [-0.1, -0.05) is 18.2 Å². The highest BCUT2D eigenvalue weighted by atomic mass is 33.1. The summed E-state index contributed by atoms with van der Waals surface area (Å²) in [5.41, 5.74) is 8.94. The summed E-state index contributed by atoms with van der Waals surface area (Å²) in [6, 6.07) is 5.97. The molecule has 7 heteroatoms. The van der Waals surface area contributed by atoms with Gasteiger partial charge in [-0.05, 0) is 30.5 Å². The first-order valence-electron chi connectivity index (χ1n) is 5.24. The van der Waals surface area contributed by atoms with Gasteiger partial charge in [0.15, 0.2) is 0 Å². The predicted octanol–water partition coefficient (Wildman–Crippen LogP) is 1.70. The molecule has 0 saturated heterocycles. The van der Waals surface area contributed by atoms with Gasteiger partial charge in [0.25, 0.3) is 0 Å². The van der Waals surface area contributed by atoms with E-state index in [1.165, 1.54) is 11.1 Å². The van der Waals surface area contributed by atoms with Crippen molar-refractivity contribution in [2.75, 3.05) is 5.75 Å². The average molecular weight is 288 g/mol. The van der Waals surface area contributed by atoms with E-state index < -0.39 is 9.15 Å². The summed E-state index contributed by atoms with van der Waals surface area (Å²) in [6.45, 7) is 4.44. The van der Waals surface area contributed by atoms with Crippen LogP contribution in [0, 0.1) is 13.8 Å². The molecule has 0 saturated carbocycles. The molecule has 100 valence electrons. The van der Waals surface area contributed by atoms with Crippen molar-refractivity contribution >= 4 is 25.8 Å². The lowest BCUT2D eigenvalue weighted by molar-refractivity contribution is 0.503. The molecule has 1 rings (SSSR count). The fourth-order valence-corrected chi connectivity index (χ4v) is 2.45. The van der Waals surface area contributed by atoms with Crippen LogP contribution in [0.25, 0.3) is 0 Å². The zero-order valence-electron chi connectivity index (χ0n) is 10.3. The van der Waals surface area contributed by atoms with Crippen molar-refractivity contribution in [3.63, 3.8) is 0 Å². The minimum atomic E-state index is -4.06. The van der Waals surface area contributed by atoms with E-state index in [0.29, 0.717) is 17.3 Å². The first-order valence-corrected chi connectivity index (χ1v) is 8.19. The first kappa shape index (κ1) is 15.0. The molecule has 0 aliphatic heterocycles. The normalized spacial score (nSPS) is 12.7. The van der Waals surface area contributed by atoms with Crippen molar-refractivity contribution in [1.82, 2.24) is 0 Å². The van der Waals surface area contributed by atoms with Gasteiger partial charge in [0.05, 0.1) is 12.3 Å². The maximum Gasteiger partial charge on any atom is 0.320 e. The van der Waals surface area contributed by atoms with Crippen LogP contribution in [-0.4, -0.2) is 24.6 Å². The van der Waals surface area contributed by atoms with Crippen LogP contribution in [0.1, 0.15) is 16.7 Å². The SMILES string of the molecule is Cc1ccc(CN=C(N)CSS(=O)(=O)O)cc1C. The van der Waals surface area contributed by atoms with Crippen LogP contribution >= 0.6 is 10.8 Å². The highest BCUT2D eigenvalue weighted by Crippen LogP contribution is 2.11. The smallest absolute Gasteiger partial charge is 0.320 e. The standard InChI is InChI=1S/C11H16N2O3S2/c1-8-3-4-10(5-9(8)2)6-13-11(12)7-17-18(14,15)16/h3-5H,6-7H2,1-2H3,(H2,12,13)(H,14,15,16). The number of benzene rings is 1.